The van der Waals surface area contributed by atoms with Gasteiger partial charge >= 0.3 is 0 Å². The normalized spacial score (nSPS) is 11.6. The quantitative estimate of drug-likeness (QED) is 0.495. The Balaban J connectivity index is 1.79. The van der Waals surface area contributed by atoms with E-state index in [0.717, 1.165) is 16.9 Å². The predicted molar refractivity (Wildman–Crippen MR) is 132 cm³/mol. The van der Waals surface area contributed by atoms with Crippen molar-refractivity contribution in [2.24, 2.45) is 0 Å². The molecule has 5 heteroatoms. The highest BCUT2D eigenvalue weighted by molar-refractivity contribution is 7.99. The van der Waals surface area contributed by atoms with Crippen LogP contribution in [0.2, 0.25) is 0 Å². The Morgan fingerprint density at radius 1 is 0.875 bits per heavy atom. The molecule has 0 saturated heterocycles. The summed E-state index contributed by atoms with van der Waals surface area (Å²) < 4.78 is 0. The molecule has 32 heavy (non-hydrogen) atoms. The van der Waals surface area contributed by atoms with E-state index in [-0.39, 0.29) is 11.8 Å². The van der Waals surface area contributed by atoms with Crippen LogP contribution in [0.4, 0.5) is 0 Å². The van der Waals surface area contributed by atoms with Gasteiger partial charge in [0.05, 0.1) is 5.75 Å². The largest absolute Gasteiger partial charge is 0.357 e. The monoisotopic (exact) mass is 446 g/mol. The molecule has 0 fully saturated rings. The molecule has 0 spiro atoms. The minimum atomic E-state index is -0.575. The van der Waals surface area contributed by atoms with Gasteiger partial charge in [0, 0.05) is 25.8 Å². The number of likely N-dealkylation sites (N-methyl/N-ethyl adjacent to an activating group) is 1. The molecule has 1 N–H and O–H groups in total. The third-order valence-corrected chi connectivity index (χ3v) is 6.42. The van der Waals surface area contributed by atoms with Crippen LogP contribution < -0.4 is 5.32 Å². The molecular weight excluding hydrogens is 416 g/mol. The van der Waals surface area contributed by atoms with Crippen LogP contribution in [0.3, 0.4) is 0 Å². The lowest BCUT2D eigenvalue weighted by Crippen LogP contribution is -2.50. The van der Waals surface area contributed by atoms with Gasteiger partial charge in [-0.2, -0.15) is 0 Å². The van der Waals surface area contributed by atoms with Crippen molar-refractivity contribution in [1.82, 2.24) is 10.2 Å². The number of thioether (sulfide) groups is 1. The molecule has 0 aliphatic carbocycles. The summed E-state index contributed by atoms with van der Waals surface area (Å²) in [5, 5.41) is 2.76. The predicted octanol–water partition coefficient (Wildman–Crippen LogP) is 4.61. The Morgan fingerprint density at radius 2 is 1.47 bits per heavy atom. The number of amides is 2. The van der Waals surface area contributed by atoms with Crippen molar-refractivity contribution < 1.29 is 9.59 Å². The van der Waals surface area contributed by atoms with E-state index in [0.29, 0.717) is 18.7 Å². The number of benzene rings is 3. The fourth-order valence-electron chi connectivity index (χ4n) is 3.60. The molecule has 166 valence electrons. The van der Waals surface area contributed by atoms with Crippen LogP contribution in [0.15, 0.2) is 84.9 Å². The van der Waals surface area contributed by atoms with Crippen LogP contribution >= 0.6 is 11.8 Å². The smallest absolute Gasteiger partial charge is 0.242 e. The molecule has 1 atom stereocenters. The highest BCUT2D eigenvalue weighted by Crippen LogP contribution is 2.19. The van der Waals surface area contributed by atoms with Gasteiger partial charge < -0.3 is 10.2 Å². The summed E-state index contributed by atoms with van der Waals surface area (Å²) in [7, 11) is 1.62. The Bertz CT molecular complexity index is 1010. The molecule has 0 radical (unpaired) electrons. The van der Waals surface area contributed by atoms with Gasteiger partial charge in [0.2, 0.25) is 11.8 Å². The van der Waals surface area contributed by atoms with Crippen molar-refractivity contribution in [3.8, 4) is 0 Å². The number of hydrogen-bond donors (Lipinski definition) is 1. The van der Waals surface area contributed by atoms with Crippen LogP contribution in [0.1, 0.15) is 22.3 Å². The van der Waals surface area contributed by atoms with E-state index in [1.165, 1.54) is 11.1 Å². The van der Waals surface area contributed by atoms with Gasteiger partial charge in [-0.25, -0.2) is 0 Å². The van der Waals surface area contributed by atoms with Crippen molar-refractivity contribution >= 4 is 23.6 Å². The van der Waals surface area contributed by atoms with Crippen molar-refractivity contribution in [2.45, 2.75) is 31.7 Å². The molecule has 0 aliphatic heterocycles. The number of hydrogen-bond acceptors (Lipinski definition) is 3. The van der Waals surface area contributed by atoms with Gasteiger partial charge in [0.1, 0.15) is 6.04 Å². The summed E-state index contributed by atoms with van der Waals surface area (Å²) in [6.07, 6.45) is 0.474. The maximum Gasteiger partial charge on any atom is 0.242 e. The zero-order chi connectivity index (χ0) is 22.8. The van der Waals surface area contributed by atoms with Crippen LogP contribution in [0.25, 0.3) is 0 Å². The Hall–Kier alpha value is -3.05. The van der Waals surface area contributed by atoms with Crippen molar-refractivity contribution in [3.05, 3.63) is 107 Å². The Labute approximate surface area is 195 Å². The summed E-state index contributed by atoms with van der Waals surface area (Å²) >= 11 is 1.59. The van der Waals surface area contributed by atoms with Crippen LogP contribution in [-0.4, -0.2) is 35.6 Å². The van der Waals surface area contributed by atoms with Crippen LogP contribution in [0.5, 0.6) is 0 Å². The highest BCUT2D eigenvalue weighted by Gasteiger charge is 2.29. The van der Waals surface area contributed by atoms with E-state index < -0.39 is 6.04 Å². The summed E-state index contributed by atoms with van der Waals surface area (Å²) in [6, 6.07) is 27.3. The van der Waals surface area contributed by atoms with Crippen molar-refractivity contribution in [3.63, 3.8) is 0 Å². The third-order valence-electron chi connectivity index (χ3n) is 5.46. The molecule has 0 aliphatic rings. The summed E-state index contributed by atoms with van der Waals surface area (Å²) in [5.74, 6) is 0.906. The first-order chi connectivity index (χ1) is 15.6. The van der Waals surface area contributed by atoms with E-state index in [1.807, 2.05) is 72.8 Å². The van der Waals surface area contributed by atoms with Crippen LogP contribution in [-0.2, 0) is 28.3 Å². The third kappa shape index (κ3) is 6.72. The summed E-state index contributed by atoms with van der Waals surface area (Å²) in [6.45, 7) is 2.48. The summed E-state index contributed by atoms with van der Waals surface area (Å²) in [4.78, 5) is 28.0. The SMILES string of the molecule is CNC(=O)[C@H](Cc1ccccc1)N(Cc1ccccc1)C(=O)CSCc1ccccc1C. The lowest BCUT2D eigenvalue weighted by molar-refractivity contribution is -0.139. The van der Waals surface area contributed by atoms with E-state index in [2.05, 4.69) is 24.4 Å². The van der Waals surface area contributed by atoms with Gasteiger partial charge in [0.15, 0.2) is 0 Å². The molecule has 0 aromatic heterocycles. The lowest BCUT2D eigenvalue weighted by atomic mass is 10.0. The molecule has 3 aromatic rings. The number of carbonyl (C=O) groups excluding carboxylic acids is 2. The molecule has 2 amide bonds. The molecule has 4 nitrogen and oxygen atoms in total. The second kappa shape index (κ2) is 12.1. The number of nitrogens with one attached hydrogen (secondary N) is 1. The zero-order valence-electron chi connectivity index (χ0n) is 18.7. The first-order valence-electron chi connectivity index (χ1n) is 10.8. The second-order valence-electron chi connectivity index (χ2n) is 7.75. The second-order valence-corrected chi connectivity index (χ2v) is 8.73. The zero-order valence-corrected chi connectivity index (χ0v) is 19.5. The van der Waals surface area contributed by atoms with Gasteiger partial charge in [-0.15, -0.1) is 11.8 Å². The molecular formula is C27H30N2O2S. The van der Waals surface area contributed by atoms with E-state index in [4.69, 9.17) is 0 Å². The molecule has 3 rings (SSSR count). The highest BCUT2D eigenvalue weighted by atomic mass is 32.2. The molecule has 0 bridgehead atoms. The molecule has 0 unspecified atom stereocenters. The number of nitrogens with zero attached hydrogens (tertiary/aromatic N) is 1. The van der Waals surface area contributed by atoms with Crippen LogP contribution in [0, 0.1) is 6.92 Å². The van der Waals surface area contributed by atoms with E-state index >= 15 is 0 Å². The molecule has 0 heterocycles. The maximum atomic E-state index is 13.4. The Morgan fingerprint density at radius 3 is 2.09 bits per heavy atom. The van der Waals surface area contributed by atoms with E-state index in [1.54, 1.807) is 23.7 Å². The number of rotatable bonds is 10. The molecule has 0 saturated carbocycles. The van der Waals surface area contributed by atoms with Crippen molar-refractivity contribution in [1.29, 1.82) is 0 Å². The summed E-state index contributed by atoms with van der Waals surface area (Å²) in [5.41, 5.74) is 4.49. The van der Waals surface area contributed by atoms with Gasteiger partial charge in [-0.05, 0) is 29.2 Å². The first-order valence-corrected chi connectivity index (χ1v) is 11.9. The average molecular weight is 447 g/mol. The van der Waals surface area contributed by atoms with E-state index in [9.17, 15) is 9.59 Å². The minimum Gasteiger partial charge on any atom is -0.357 e. The minimum absolute atomic E-state index is 0.0306. The fourth-order valence-corrected chi connectivity index (χ4v) is 4.59. The standard InChI is InChI=1S/C27H30N2O2S/c1-21-11-9-10-16-24(21)19-32-20-26(30)29(18-23-14-7-4-8-15-23)25(27(31)28-2)17-22-12-5-3-6-13-22/h3-16,25H,17-20H2,1-2H3,(H,28,31)/t25-/m0/s1. The Kier molecular flexibility index (Phi) is 8.93. The number of aryl methyl sites for hydroxylation is 1. The van der Waals surface area contributed by atoms with Crippen molar-refractivity contribution in [2.75, 3.05) is 12.8 Å². The average Bonchev–Trinajstić information content (AvgIpc) is 2.83. The fraction of sp³-hybridized carbons (Fsp3) is 0.259. The number of carbonyl (C=O) groups is 2. The van der Waals surface area contributed by atoms with Gasteiger partial charge in [-0.1, -0.05) is 84.9 Å². The topological polar surface area (TPSA) is 49.4 Å². The lowest BCUT2D eigenvalue weighted by Gasteiger charge is -2.31. The first kappa shape index (κ1) is 23.6. The van der Waals surface area contributed by atoms with Gasteiger partial charge in [-0.3, -0.25) is 9.59 Å². The molecule has 3 aromatic carbocycles. The van der Waals surface area contributed by atoms with Gasteiger partial charge in [0.25, 0.3) is 0 Å². The maximum absolute atomic E-state index is 13.4.